The van der Waals surface area contributed by atoms with E-state index in [1.165, 1.54) is 12.8 Å². The third-order valence-corrected chi connectivity index (χ3v) is 5.42. The molecule has 0 unspecified atom stereocenters. The number of likely N-dealkylation sites (tertiary alicyclic amines) is 1. The Morgan fingerprint density at radius 1 is 1.00 bits per heavy atom. The fraction of sp³-hybridized carbons (Fsp3) is 0.579. The number of anilines is 1. The third-order valence-electron chi connectivity index (χ3n) is 5.09. The molecule has 0 spiro atoms. The average molecular weight is 349 g/mol. The van der Waals surface area contributed by atoms with Crippen molar-refractivity contribution in [3.63, 3.8) is 0 Å². The quantitative estimate of drug-likeness (QED) is 0.875. The van der Waals surface area contributed by atoms with E-state index < -0.39 is 0 Å². The highest BCUT2D eigenvalue weighted by Crippen LogP contribution is 2.28. The van der Waals surface area contributed by atoms with Crippen molar-refractivity contribution in [2.45, 2.75) is 51.4 Å². The van der Waals surface area contributed by atoms with Crippen LogP contribution in [-0.4, -0.2) is 29.8 Å². The summed E-state index contributed by atoms with van der Waals surface area (Å²) >= 11 is 6.23. The molecule has 1 aromatic carbocycles. The molecule has 130 valence electrons. The highest BCUT2D eigenvalue weighted by molar-refractivity contribution is 6.33. The monoisotopic (exact) mass is 348 g/mol. The lowest BCUT2D eigenvalue weighted by Gasteiger charge is -2.27. The summed E-state index contributed by atoms with van der Waals surface area (Å²) in [5.41, 5.74) is 1.15. The number of rotatable bonds is 3. The van der Waals surface area contributed by atoms with Gasteiger partial charge in [-0.3, -0.25) is 9.59 Å². The largest absolute Gasteiger partial charge is 0.339 e. The van der Waals surface area contributed by atoms with Crippen molar-refractivity contribution < 1.29 is 9.59 Å². The summed E-state index contributed by atoms with van der Waals surface area (Å²) in [5.74, 6) is 0.120. The van der Waals surface area contributed by atoms with Crippen LogP contribution in [0.15, 0.2) is 18.2 Å². The number of carbonyl (C=O) groups is 2. The fourth-order valence-electron chi connectivity index (χ4n) is 3.63. The lowest BCUT2D eigenvalue weighted by Crippen LogP contribution is -2.35. The summed E-state index contributed by atoms with van der Waals surface area (Å²) in [5, 5.41) is 3.42. The predicted octanol–water partition coefficient (Wildman–Crippen LogP) is 4.48. The molecule has 0 bridgehead atoms. The molecule has 1 saturated carbocycles. The lowest BCUT2D eigenvalue weighted by molar-refractivity contribution is -0.120. The number of carbonyl (C=O) groups excluding carboxylic acids is 2. The van der Waals surface area contributed by atoms with Crippen molar-refractivity contribution in [1.29, 1.82) is 0 Å². The van der Waals surface area contributed by atoms with E-state index in [4.69, 9.17) is 11.6 Å². The number of piperidine rings is 1. The molecule has 1 aromatic rings. The Morgan fingerprint density at radius 2 is 1.67 bits per heavy atom. The van der Waals surface area contributed by atoms with Gasteiger partial charge < -0.3 is 10.2 Å². The Morgan fingerprint density at radius 3 is 2.38 bits per heavy atom. The molecule has 5 heteroatoms. The van der Waals surface area contributed by atoms with Gasteiger partial charge in [-0.05, 0) is 50.3 Å². The normalized spacial score (nSPS) is 19.1. The molecule has 2 aliphatic rings. The molecule has 2 amide bonds. The molecule has 3 rings (SSSR count). The fourth-order valence-corrected chi connectivity index (χ4v) is 3.80. The first kappa shape index (κ1) is 17.3. The van der Waals surface area contributed by atoms with Gasteiger partial charge in [0.15, 0.2) is 0 Å². The minimum atomic E-state index is 0.0270. The van der Waals surface area contributed by atoms with Crippen LogP contribution in [0.5, 0.6) is 0 Å². The Bertz CT molecular complexity index is 605. The molecule has 24 heavy (non-hydrogen) atoms. The van der Waals surface area contributed by atoms with Crippen LogP contribution in [0.25, 0.3) is 0 Å². The van der Waals surface area contributed by atoms with E-state index >= 15 is 0 Å². The Labute approximate surface area is 148 Å². The Balaban J connectivity index is 1.71. The first-order valence-electron chi connectivity index (χ1n) is 9.05. The van der Waals surface area contributed by atoms with Gasteiger partial charge in [-0.15, -0.1) is 0 Å². The smallest absolute Gasteiger partial charge is 0.253 e. The molecule has 0 atom stereocenters. The van der Waals surface area contributed by atoms with Crippen LogP contribution in [0.4, 0.5) is 5.69 Å². The molecule has 0 radical (unpaired) electrons. The molecule has 1 N–H and O–H groups in total. The second kappa shape index (κ2) is 8.02. The number of amides is 2. The van der Waals surface area contributed by atoms with Crippen molar-refractivity contribution >= 4 is 29.1 Å². The van der Waals surface area contributed by atoms with Crippen LogP contribution in [0, 0.1) is 5.92 Å². The van der Waals surface area contributed by atoms with E-state index in [0.29, 0.717) is 16.3 Å². The average Bonchev–Trinajstić information content (AvgIpc) is 2.64. The number of halogens is 1. The van der Waals surface area contributed by atoms with Gasteiger partial charge in [0.25, 0.3) is 5.91 Å². The molecule has 1 saturated heterocycles. The Kier molecular flexibility index (Phi) is 5.77. The van der Waals surface area contributed by atoms with Crippen LogP contribution in [-0.2, 0) is 4.79 Å². The number of nitrogens with zero attached hydrogens (tertiary/aromatic N) is 1. The highest BCUT2D eigenvalue weighted by atomic mass is 35.5. The molecule has 1 aliphatic heterocycles. The van der Waals surface area contributed by atoms with Crippen LogP contribution in [0.2, 0.25) is 5.02 Å². The van der Waals surface area contributed by atoms with Crippen molar-refractivity contribution in [3.05, 3.63) is 28.8 Å². The van der Waals surface area contributed by atoms with Gasteiger partial charge in [0.05, 0.1) is 10.7 Å². The predicted molar refractivity (Wildman–Crippen MR) is 96.4 cm³/mol. The van der Waals surface area contributed by atoms with Crippen LogP contribution >= 0.6 is 11.6 Å². The molecule has 4 nitrogen and oxygen atoms in total. The number of hydrogen-bond acceptors (Lipinski definition) is 2. The SMILES string of the molecule is O=C(Nc1cc(C(=O)N2CCCCC2)ccc1Cl)C1CCCCC1. The van der Waals surface area contributed by atoms with Crippen molar-refractivity contribution in [3.8, 4) is 0 Å². The van der Waals surface area contributed by atoms with Gasteiger partial charge in [0.2, 0.25) is 5.91 Å². The summed E-state index contributed by atoms with van der Waals surface area (Å²) in [6.45, 7) is 1.62. The second-order valence-corrected chi connectivity index (χ2v) is 7.28. The first-order chi connectivity index (χ1) is 11.6. The van der Waals surface area contributed by atoms with E-state index in [-0.39, 0.29) is 17.7 Å². The van der Waals surface area contributed by atoms with E-state index in [0.717, 1.165) is 51.6 Å². The van der Waals surface area contributed by atoms with Crippen LogP contribution < -0.4 is 5.32 Å². The number of benzene rings is 1. The molecule has 0 aromatic heterocycles. The molecular formula is C19H25ClN2O2. The number of nitrogens with one attached hydrogen (secondary N) is 1. The van der Waals surface area contributed by atoms with Crippen LogP contribution in [0.3, 0.4) is 0 Å². The third kappa shape index (κ3) is 4.10. The van der Waals surface area contributed by atoms with E-state index in [2.05, 4.69) is 5.32 Å². The highest BCUT2D eigenvalue weighted by Gasteiger charge is 2.23. The van der Waals surface area contributed by atoms with Crippen LogP contribution in [0.1, 0.15) is 61.7 Å². The zero-order valence-corrected chi connectivity index (χ0v) is 14.8. The van der Waals surface area contributed by atoms with Crippen molar-refractivity contribution in [1.82, 2.24) is 4.90 Å². The Hall–Kier alpha value is -1.55. The summed E-state index contributed by atoms with van der Waals surface area (Å²) in [6, 6.07) is 5.17. The zero-order valence-electron chi connectivity index (χ0n) is 14.0. The maximum absolute atomic E-state index is 12.6. The second-order valence-electron chi connectivity index (χ2n) is 6.87. The first-order valence-corrected chi connectivity index (χ1v) is 9.42. The summed E-state index contributed by atoms with van der Waals surface area (Å²) < 4.78 is 0. The van der Waals surface area contributed by atoms with Gasteiger partial charge >= 0.3 is 0 Å². The molecule has 2 fully saturated rings. The summed E-state index contributed by atoms with van der Waals surface area (Å²) in [4.78, 5) is 26.9. The van der Waals surface area contributed by atoms with Crippen molar-refractivity contribution in [2.75, 3.05) is 18.4 Å². The van der Waals surface area contributed by atoms with Gasteiger partial charge in [0, 0.05) is 24.6 Å². The summed E-state index contributed by atoms with van der Waals surface area (Å²) in [7, 11) is 0. The topological polar surface area (TPSA) is 49.4 Å². The van der Waals surface area contributed by atoms with Gasteiger partial charge in [-0.25, -0.2) is 0 Å². The van der Waals surface area contributed by atoms with E-state index in [9.17, 15) is 9.59 Å². The van der Waals surface area contributed by atoms with E-state index in [1.807, 2.05) is 4.90 Å². The maximum atomic E-state index is 12.6. The lowest BCUT2D eigenvalue weighted by atomic mass is 9.88. The number of hydrogen-bond donors (Lipinski definition) is 1. The van der Waals surface area contributed by atoms with Gasteiger partial charge in [-0.1, -0.05) is 30.9 Å². The minimum Gasteiger partial charge on any atom is -0.339 e. The summed E-state index contributed by atoms with van der Waals surface area (Å²) in [6.07, 6.45) is 8.62. The van der Waals surface area contributed by atoms with E-state index in [1.54, 1.807) is 18.2 Å². The minimum absolute atomic E-state index is 0.0270. The van der Waals surface area contributed by atoms with Gasteiger partial charge in [0.1, 0.15) is 0 Å². The molecule has 1 aliphatic carbocycles. The standard InChI is InChI=1S/C19H25ClN2O2/c20-16-10-9-15(19(24)22-11-5-2-6-12-22)13-17(16)21-18(23)14-7-3-1-4-8-14/h9-10,13-14H,1-8,11-12H2,(H,21,23). The molecular weight excluding hydrogens is 324 g/mol. The zero-order chi connectivity index (χ0) is 16.9. The van der Waals surface area contributed by atoms with Gasteiger partial charge in [-0.2, -0.15) is 0 Å². The molecule has 1 heterocycles. The van der Waals surface area contributed by atoms with Crippen molar-refractivity contribution in [2.24, 2.45) is 5.92 Å². The maximum Gasteiger partial charge on any atom is 0.253 e.